The molecule has 0 atom stereocenters. The highest BCUT2D eigenvalue weighted by Gasteiger charge is 2.12. The van der Waals surface area contributed by atoms with Crippen LogP contribution in [-0.2, 0) is 4.79 Å². The Balaban J connectivity index is 2.99. The van der Waals surface area contributed by atoms with Gasteiger partial charge in [0.1, 0.15) is 11.5 Å². The second kappa shape index (κ2) is 9.93. The number of benzene rings is 1. The van der Waals surface area contributed by atoms with Crippen LogP contribution in [-0.4, -0.2) is 38.1 Å². The second-order valence-corrected chi connectivity index (χ2v) is 5.57. The molecule has 0 aliphatic carbocycles. The van der Waals surface area contributed by atoms with Crippen LogP contribution in [0.2, 0.25) is 0 Å². The minimum Gasteiger partial charge on any atom is -0.497 e. The van der Waals surface area contributed by atoms with Crippen LogP contribution in [0.15, 0.2) is 24.3 Å². The van der Waals surface area contributed by atoms with Gasteiger partial charge in [-0.1, -0.05) is 20.3 Å². The molecule has 1 aromatic carbocycles. The SMILES string of the molecule is CCCCN(CCC)C(=O)/C=C(\C)c1ccc(OC)cc1OC. The van der Waals surface area contributed by atoms with Gasteiger partial charge in [0.15, 0.2) is 0 Å². The van der Waals surface area contributed by atoms with Crippen molar-refractivity contribution >= 4 is 11.5 Å². The first-order chi connectivity index (χ1) is 11.1. The van der Waals surface area contributed by atoms with Crippen LogP contribution in [0.1, 0.15) is 45.6 Å². The highest BCUT2D eigenvalue weighted by atomic mass is 16.5. The molecule has 0 aliphatic rings. The zero-order chi connectivity index (χ0) is 17.2. The van der Waals surface area contributed by atoms with Crippen molar-refractivity contribution in [3.05, 3.63) is 29.8 Å². The van der Waals surface area contributed by atoms with Gasteiger partial charge in [-0.2, -0.15) is 0 Å². The Morgan fingerprint density at radius 2 is 1.87 bits per heavy atom. The quantitative estimate of drug-likeness (QED) is 0.642. The van der Waals surface area contributed by atoms with Gasteiger partial charge in [-0.3, -0.25) is 4.79 Å². The highest BCUT2D eigenvalue weighted by Crippen LogP contribution is 2.30. The molecule has 0 heterocycles. The molecule has 1 aromatic rings. The van der Waals surface area contributed by atoms with Crippen LogP contribution < -0.4 is 9.47 Å². The number of allylic oxidation sites excluding steroid dienone is 1. The summed E-state index contributed by atoms with van der Waals surface area (Å²) < 4.78 is 10.6. The van der Waals surface area contributed by atoms with Gasteiger partial charge in [0.05, 0.1) is 14.2 Å². The molecule has 4 nitrogen and oxygen atoms in total. The summed E-state index contributed by atoms with van der Waals surface area (Å²) >= 11 is 0. The van der Waals surface area contributed by atoms with Crippen molar-refractivity contribution in [3.63, 3.8) is 0 Å². The van der Waals surface area contributed by atoms with Crippen molar-refractivity contribution in [2.45, 2.75) is 40.0 Å². The van der Waals surface area contributed by atoms with E-state index in [4.69, 9.17) is 9.47 Å². The van der Waals surface area contributed by atoms with Crippen LogP contribution in [0.25, 0.3) is 5.57 Å². The summed E-state index contributed by atoms with van der Waals surface area (Å²) in [5.41, 5.74) is 1.81. The molecule has 0 spiro atoms. The molecule has 128 valence electrons. The molecular weight excluding hydrogens is 290 g/mol. The van der Waals surface area contributed by atoms with E-state index in [1.165, 1.54) is 0 Å². The predicted octanol–water partition coefficient (Wildman–Crippen LogP) is 4.15. The molecule has 0 saturated carbocycles. The number of amides is 1. The van der Waals surface area contributed by atoms with Gasteiger partial charge in [-0.05, 0) is 37.5 Å². The lowest BCUT2D eigenvalue weighted by molar-refractivity contribution is -0.126. The third kappa shape index (κ3) is 5.62. The lowest BCUT2D eigenvalue weighted by Crippen LogP contribution is -2.31. The average Bonchev–Trinajstić information content (AvgIpc) is 2.57. The van der Waals surface area contributed by atoms with E-state index in [-0.39, 0.29) is 5.91 Å². The molecule has 0 saturated heterocycles. The second-order valence-electron chi connectivity index (χ2n) is 5.57. The van der Waals surface area contributed by atoms with Gasteiger partial charge in [0.25, 0.3) is 0 Å². The summed E-state index contributed by atoms with van der Waals surface area (Å²) in [7, 11) is 3.25. The van der Waals surface area contributed by atoms with Gasteiger partial charge in [-0.25, -0.2) is 0 Å². The van der Waals surface area contributed by atoms with Crippen molar-refractivity contribution in [1.29, 1.82) is 0 Å². The van der Waals surface area contributed by atoms with Gasteiger partial charge >= 0.3 is 0 Å². The Labute approximate surface area is 140 Å². The van der Waals surface area contributed by atoms with Crippen LogP contribution in [0.4, 0.5) is 0 Å². The van der Waals surface area contributed by atoms with Crippen molar-refractivity contribution < 1.29 is 14.3 Å². The summed E-state index contributed by atoms with van der Waals surface area (Å²) in [5.74, 6) is 1.51. The number of unbranched alkanes of at least 4 members (excludes halogenated alkanes) is 1. The van der Waals surface area contributed by atoms with Crippen molar-refractivity contribution in [2.24, 2.45) is 0 Å². The number of carbonyl (C=O) groups is 1. The number of rotatable bonds is 9. The molecule has 0 unspecified atom stereocenters. The molecule has 1 amide bonds. The maximum Gasteiger partial charge on any atom is 0.246 e. The number of carbonyl (C=O) groups excluding carboxylic acids is 1. The van der Waals surface area contributed by atoms with Crippen LogP contribution in [0.5, 0.6) is 11.5 Å². The lowest BCUT2D eigenvalue weighted by atomic mass is 10.1. The Bertz CT molecular complexity index is 537. The maximum atomic E-state index is 12.5. The Hall–Kier alpha value is -1.97. The molecule has 0 aromatic heterocycles. The topological polar surface area (TPSA) is 38.8 Å². The van der Waals surface area contributed by atoms with Gasteiger partial charge in [-0.15, -0.1) is 0 Å². The zero-order valence-corrected chi connectivity index (χ0v) is 15.0. The summed E-state index contributed by atoms with van der Waals surface area (Å²) in [6.45, 7) is 7.77. The summed E-state index contributed by atoms with van der Waals surface area (Å²) in [5, 5.41) is 0. The van der Waals surface area contributed by atoms with E-state index in [9.17, 15) is 4.79 Å². The van der Waals surface area contributed by atoms with Crippen molar-refractivity contribution in [2.75, 3.05) is 27.3 Å². The number of hydrogen-bond donors (Lipinski definition) is 0. The predicted molar refractivity (Wildman–Crippen MR) is 95.0 cm³/mol. The first-order valence-electron chi connectivity index (χ1n) is 8.26. The average molecular weight is 319 g/mol. The monoisotopic (exact) mass is 319 g/mol. The largest absolute Gasteiger partial charge is 0.497 e. The van der Waals surface area contributed by atoms with E-state index in [1.807, 2.05) is 30.0 Å². The van der Waals surface area contributed by atoms with E-state index < -0.39 is 0 Å². The van der Waals surface area contributed by atoms with Gasteiger partial charge < -0.3 is 14.4 Å². The van der Waals surface area contributed by atoms with E-state index in [0.29, 0.717) is 5.75 Å². The van der Waals surface area contributed by atoms with E-state index in [1.54, 1.807) is 20.3 Å². The molecule has 0 radical (unpaired) electrons. The Morgan fingerprint density at radius 3 is 2.43 bits per heavy atom. The van der Waals surface area contributed by atoms with Crippen LogP contribution in [0.3, 0.4) is 0 Å². The summed E-state index contributed by atoms with van der Waals surface area (Å²) in [4.78, 5) is 14.4. The first kappa shape index (κ1) is 19.1. The van der Waals surface area contributed by atoms with Crippen molar-refractivity contribution in [1.82, 2.24) is 4.90 Å². The first-order valence-corrected chi connectivity index (χ1v) is 8.26. The number of nitrogens with zero attached hydrogens (tertiary/aromatic N) is 1. The maximum absolute atomic E-state index is 12.5. The number of ether oxygens (including phenoxy) is 2. The molecule has 0 fully saturated rings. The van der Waals surface area contributed by atoms with Crippen LogP contribution in [0, 0.1) is 0 Å². The Kier molecular flexibility index (Phi) is 8.23. The molecule has 0 aliphatic heterocycles. The Morgan fingerprint density at radius 1 is 1.13 bits per heavy atom. The summed E-state index contributed by atoms with van der Waals surface area (Å²) in [6.07, 6.45) is 4.79. The number of hydrogen-bond acceptors (Lipinski definition) is 3. The minimum atomic E-state index is 0.0654. The fourth-order valence-electron chi connectivity index (χ4n) is 2.43. The van der Waals surface area contributed by atoms with E-state index in [2.05, 4.69) is 13.8 Å². The smallest absolute Gasteiger partial charge is 0.246 e. The minimum absolute atomic E-state index is 0.0654. The van der Waals surface area contributed by atoms with E-state index >= 15 is 0 Å². The zero-order valence-electron chi connectivity index (χ0n) is 15.0. The highest BCUT2D eigenvalue weighted by molar-refractivity contribution is 5.95. The normalized spacial score (nSPS) is 11.3. The fourth-order valence-corrected chi connectivity index (χ4v) is 2.43. The van der Waals surface area contributed by atoms with E-state index in [0.717, 1.165) is 49.2 Å². The number of methoxy groups -OCH3 is 2. The molecule has 4 heteroatoms. The van der Waals surface area contributed by atoms with Crippen molar-refractivity contribution in [3.8, 4) is 11.5 Å². The molecule has 1 rings (SSSR count). The fraction of sp³-hybridized carbons (Fsp3) is 0.526. The third-order valence-corrected chi connectivity index (χ3v) is 3.76. The molecule has 23 heavy (non-hydrogen) atoms. The molecule has 0 N–H and O–H groups in total. The third-order valence-electron chi connectivity index (χ3n) is 3.76. The lowest BCUT2D eigenvalue weighted by Gasteiger charge is -2.21. The van der Waals surface area contributed by atoms with Gasteiger partial charge in [0.2, 0.25) is 5.91 Å². The van der Waals surface area contributed by atoms with Crippen LogP contribution >= 0.6 is 0 Å². The standard InChI is InChI=1S/C19H29NO3/c1-6-8-12-20(11-7-2)19(21)13-15(3)17-10-9-16(22-4)14-18(17)23-5/h9-10,13-14H,6-8,11-12H2,1-5H3/b15-13+. The molecule has 0 bridgehead atoms. The molecular formula is C19H29NO3. The summed E-state index contributed by atoms with van der Waals surface area (Å²) in [6, 6.07) is 5.63. The van der Waals surface area contributed by atoms with Gasteiger partial charge in [0, 0.05) is 30.8 Å².